The molecular formula is C15H24N2. The van der Waals surface area contributed by atoms with Gasteiger partial charge in [-0.1, -0.05) is 45.9 Å². The zero-order valence-corrected chi connectivity index (χ0v) is 11.5. The molecule has 0 saturated carbocycles. The monoisotopic (exact) mass is 232 g/mol. The maximum Gasteiger partial charge on any atom is 0.0669 e. The molecule has 0 atom stereocenters. The van der Waals surface area contributed by atoms with Gasteiger partial charge in [-0.25, -0.2) is 0 Å². The van der Waals surface area contributed by atoms with Crippen LogP contribution in [-0.2, 0) is 19.4 Å². The zero-order valence-electron chi connectivity index (χ0n) is 11.5. The van der Waals surface area contributed by atoms with Gasteiger partial charge in [0.15, 0.2) is 0 Å². The van der Waals surface area contributed by atoms with E-state index in [-0.39, 0.29) is 0 Å². The topological polar surface area (TPSA) is 35.8 Å². The number of nitriles is 1. The minimum absolute atomic E-state index is 0.528. The van der Waals surface area contributed by atoms with Crippen molar-refractivity contribution >= 4 is 0 Å². The van der Waals surface area contributed by atoms with Crippen LogP contribution in [0.1, 0.15) is 44.4 Å². The molecule has 0 spiro atoms. The molecule has 1 aliphatic rings. The first kappa shape index (κ1) is 15.7. The van der Waals surface area contributed by atoms with Gasteiger partial charge < -0.3 is 5.32 Å². The summed E-state index contributed by atoms with van der Waals surface area (Å²) in [5.41, 5.74) is 3.93. The fourth-order valence-corrected chi connectivity index (χ4v) is 1.73. The predicted molar refractivity (Wildman–Crippen MR) is 73.9 cm³/mol. The summed E-state index contributed by atoms with van der Waals surface area (Å²) in [5, 5.41) is 11.9. The number of fused-ring (bicyclic) bond motifs is 1. The van der Waals surface area contributed by atoms with E-state index in [9.17, 15) is 0 Å². The second-order valence-corrected chi connectivity index (χ2v) is 3.36. The molecule has 1 aromatic rings. The van der Waals surface area contributed by atoms with E-state index in [4.69, 9.17) is 5.26 Å². The number of hydrogen-bond donors (Lipinski definition) is 1. The average Bonchev–Trinajstić information content (AvgIpc) is 2.43. The summed E-state index contributed by atoms with van der Waals surface area (Å²) in [4.78, 5) is 0. The fourth-order valence-electron chi connectivity index (χ4n) is 1.73. The van der Waals surface area contributed by atoms with Gasteiger partial charge in [-0.05, 0) is 29.7 Å². The van der Waals surface area contributed by atoms with Crippen LogP contribution in [0.3, 0.4) is 0 Å². The molecule has 1 aliphatic heterocycles. The van der Waals surface area contributed by atoms with E-state index in [1.807, 2.05) is 27.7 Å². The van der Waals surface area contributed by atoms with E-state index >= 15 is 0 Å². The molecule has 2 nitrogen and oxygen atoms in total. The third kappa shape index (κ3) is 5.01. The van der Waals surface area contributed by atoms with Crippen LogP contribution in [0, 0.1) is 11.3 Å². The Labute approximate surface area is 106 Å². The summed E-state index contributed by atoms with van der Waals surface area (Å²) >= 11 is 0. The minimum Gasteiger partial charge on any atom is -0.312 e. The average molecular weight is 232 g/mol. The second-order valence-electron chi connectivity index (χ2n) is 3.36. The van der Waals surface area contributed by atoms with Gasteiger partial charge in [-0.2, -0.15) is 5.26 Å². The van der Waals surface area contributed by atoms with Crippen LogP contribution in [0.25, 0.3) is 0 Å². The molecule has 0 saturated heterocycles. The number of nitrogens with zero attached hydrogens (tertiary/aromatic N) is 1. The maximum atomic E-state index is 8.56. The number of benzene rings is 1. The van der Waals surface area contributed by atoms with Crippen LogP contribution in [0.4, 0.5) is 0 Å². The van der Waals surface area contributed by atoms with Crippen molar-refractivity contribution in [2.45, 2.75) is 47.1 Å². The summed E-state index contributed by atoms with van der Waals surface area (Å²) in [6, 6.07) is 8.52. The van der Waals surface area contributed by atoms with Crippen molar-refractivity contribution in [1.82, 2.24) is 5.32 Å². The largest absolute Gasteiger partial charge is 0.312 e. The highest BCUT2D eigenvalue weighted by Crippen LogP contribution is 2.15. The lowest BCUT2D eigenvalue weighted by molar-refractivity contribution is 0.643. The Morgan fingerprint density at radius 2 is 1.88 bits per heavy atom. The summed E-state index contributed by atoms with van der Waals surface area (Å²) in [5.74, 6) is 0. The normalized spacial score (nSPS) is 11.9. The number of hydrogen-bond acceptors (Lipinski definition) is 2. The Hall–Kier alpha value is -1.33. The van der Waals surface area contributed by atoms with Crippen LogP contribution in [0.15, 0.2) is 18.2 Å². The Kier molecular flexibility index (Phi) is 9.09. The number of nitrogens with one attached hydrogen (secondary N) is 1. The highest BCUT2D eigenvalue weighted by molar-refractivity contribution is 5.34. The van der Waals surface area contributed by atoms with Crippen LogP contribution in [0.5, 0.6) is 0 Å². The molecule has 1 heterocycles. The van der Waals surface area contributed by atoms with Crippen molar-refractivity contribution in [3.8, 4) is 6.07 Å². The maximum absolute atomic E-state index is 8.56. The van der Waals surface area contributed by atoms with Gasteiger partial charge in [0.05, 0.1) is 12.5 Å². The highest BCUT2D eigenvalue weighted by Gasteiger charge is 2.08. The highest BCUT2D eigenvalue weighted by atomic mass is 14.9. The van der Waals surface area contributed by atoms with Gasteiger partial charge in [0.1, 0.15) is 0 Å². The van der Waals surface area contributed by atoms with Crippen molar-refractivity contribution in [2.75, 3.05) is 6.54 Å². The van der Waals surface area contributed by atoms with Crippen LogP contribution >= 0.6 is 0 Å². The van der Waals surface area contributed by atoms with Crippen LogP contribution in [-0.4, -0.2) is 6.54 Å². The van der Waals surface area contributed by atoms with Gasteiger partial charge in [0.2, 0.25) is 0 Å². The first-order chi connectivity index (χ1) is 8.40. The van der Waals surface area contributed by atoms with Gasteiger partial charge >= 0.3 is 0 Å². The molecule has 0 fully saturated rings. The molecule has 94 valence electrons. The van der Waals surface area contributed by atoms with E-state index in [2.05, 4.69) is 29.6 Å². The van der Waals surface area contributed by atoms with E-state index in [0.717, 1.165) is 25.1 Å². The summed E-state index contributed by atoms with van der Waals surface area (Å²) in [7, 11) is 0. The van der Waals surface area contributed by atoms with Crippen molar-refractivity contribution in [3.63, 3.8) is 0 Å². The van der Waals surface area contributed by atoms with Gasteiger partial charge in [0, 0.05) is 6.54 Å². The lowest BCUT2D eigenvalue weighted by Crippen LogP contribution is -2.23. The Morgan fingerprint density at radius 1 is 1.18 bits per heavy atom. The Morgan fingerprint density at radius 3 is 2.53 bits per heavy atom. The van der Waals surface area contributed by atoms with E-state index < -0.39 is 0 Å². The second kappa shape index (κ2) is 9.86. The first-order valence-electron chi connectivity index (χ1n) is 6.58. The molecule has 1 N–H and O–H groups in total. The SMILES string of the molecule is CC.CC.N#CCc1ccc2c(c1)CCNC2. The predicted octanol–water partition coefficient (Wildman–Crippen LogP) is 3.45. The van der Waals surface area contributed by atoms with Gasteiger partial charge in [-0.3, -0.25) is 0 Å². The van der Waals surface area contributed by atoms with Crippen molar-refractivity contribution < 1.29 is 0 Å². The molecule has 2 rings (SSSR count). The van der Waals surface area contributed by atoms with E-state index in [1.54, 1.807) is 0 Å². The molecule has 0 aliphatic carbocycles. The van der Waals surface area contributed by atoms with Crippen molar-refractivity contribution in [1.29, 1.82) is 5.26 Å². The smallest absolute Gasteiger partial charge is 0.0669 e. The molecule has 0 amide bonds. The molecule has 0 radical (unpaired) electrons. The molecule has 0 bridgehead atoms. The lowest BCUT2D eigenvalue weighted by atomic mass is 9.98. The molecule has 1 aromatic carbocycles. The molecule has 2 heteroatoms. The van der Waals surface area contributed by atoms with Gasteiger partial charge in [0.25, 0.3) is 0 Å². The number of rotatable bonds is 1. The van der Waals surface area contributed by atoms with Gasteiger partial charge in [-0.15, -0.1) is 0 Å². The fraction of sp³-hybridized carbons (Fsp3) is 0.533. The zero-order chi connectivity index (χ0) is 13.1. The summed E-state index contributed by atoms with van der Waals surface area (Å²) in [6.07, 6.45) is 1.62. The summed E-state index contributed by atoms with van der Waals surface area (Å²) in [6.45, 7) is 10.0. The third-order valence-corrected chi connectivity index (χ3v) is 2.44. The third-order valence-electron chi connectivity index (χ3n) is 2.44. The Balaban J connectivity index is 0.000000581. The minimum atomic E-state index is 0.528. The first-order valence-corrected chi connectivity index (χ1v) is 6.58. The Bertz CT molecular complexity index is 350. The molecular weight excluding hydrogens is 208 g/mol. The van der Waals surface area contributed by atoms with Crippen molar-refractivity contribution in [3.05, 3.63) is 34.9 Å². The summed E-state index contributed by atoms with van der Waals surface area (Å²) < 4.78 is 0. The lowest BCUT2D eigenvalue weighted by Gasteiger charge is -2.17. The van der Waals surface area contributed by atoms with Crippen LogP contribution < -0.4 is 5.32 Å². The van der Waals surface area contributed by atoms with Crippen molar-refractivity contribution in [2.24, 2.45) is 0 Å². The molecule has 0 unspecified atom stereocenters. The van der Waals surface area contributed by atoms with E-state index in [1.165, 1.54) is 11.1 Å². The van der Waals surface area contributed by atoms with Crippen LogP contribution in [0.2, 0.25) is 0 Å². The quantitative estimate of drug-likeness (QED) is 0.805. The molecule has 0 aromatic heterocycles. The molecule has 17 heavy (non-hydrogen) atoms. The standard InChI is InChI=1S/C11H12N2.2C2H6/c12-5-3-9-1-2-11-8-13-6-4-10(11)7-9;2*1-2/h1-2,7,13H,3-4,6,8H2;2*1-2H3. The van der Waals surface area contributed by atoms with E-state index in [0.29, 0.717) is 6.42 Å².